The minimum Gasteiger partial charge on any atom is -0.497 e. The third kappa shape index (κ3) is 4.11. The van der Waals surface area contributed by atoms with Crippen LogP contribution in [0.1, 0.15) is 40.6 Å². The summed E-state index contributed by atoms with van der Waals surface area (Å²) in [6, 6.07) is 5.84. The van der Waals surface area contributed by atoms with Crippen LogP contribution >= 0.6 is 12.4 Å². The van der Waals surface area contributed by atoms with E-state index < -0.39 is 0 Å². The average molecular weight is 366 g/mol. The number of nitrogens with zero attached hydrogens (tertiary/aromatic N) is 3. The van der Waals surface area contributed by atoms with Crippen molar-refractivity contribution in [1.82, 2.24) is 20.3 Å². The molecule has 8 heteroatoms. The van der Waals surface area contributed by atoms with Gasteiger partial charge in [0.15, 0.2) is 5.69 Å². The van der Waals surface area contributed by atoms with E-state index in [0.717, 1.165) is 48.6 Å². The van der Waals surface area contributed by atoms with Gasteiger partial charge in [-0.25, -0.2) is 4.68 Å². The summed E-state index contributed by atoms with van der Waals surface area (Å²) in [6.07, 6.45) is 2.01. The van der Waals surface area contributed by atoms with Gasteiger partial charge in [-0.05, 0) is 63.5 Å². The number of rotatable bonds is 4. The van der Waals surface area contributed by atoms with Gasteiger partial charge >= 0.3 is 0 Å². The number of hydrogen-bond donors (Lipinski definition) is 2. The van der Waals surface area contributed by atoms with Crippen molar-refractivity contribution in [2.45, 2.75) is 32.7 Å². The summed E-state index contributed by atoms with van der Waals surface area (Å²) >= 11 is 0. The second kappa shape index (κ2) is 8.31. The van der Waals surface area contributed by atoms with E-state index in [2.05, 4.69) is 20.9 Å². The van der Waals surface area contributed by atoms with E-state index >= 15 is 0 Å². The number of piperidine rings is 1. The summed E-state index contributed by atoms with van der Waals surface area (Å²) < 4.78 is 7.07. The molecule has 1 aromatic carbocycles. The second-order valence-electron chi connectivity index (χ2n) is 6.08. The fourth-order valence-corrected chi connectivity index (χ4v) is 3.03. The molecule has 7 nitrogen and oxygen atoms in total. The minimum atomic E-state index is -0.235. The monoisotopic (exact) mass is 365 g/mol. The molecular formula is C17H24ClN5O2. The lowest BCUT2D eigenvalue weighted by atomic mass is 10.1. The van der Waals surface area contributed by atoms with Gasteiger partial charge in [-0.2, -0.15) is 0 Å². The number of nitrogens with one attached hydrogen (secondary N) is 2. The number of amides is 1. The molecule has 0 saturated carbocycles. The molecule has 2 aromatic rings. The van der Waals surface area contributed by atoms with Crippen LogP contribution in [0.25, 0.3) is 0 Å². The predicted octanol–water partition coefficient (Wildman–Crippen LogP) is 2.50. The van der Waals surface area contributed by atoms with Gasteiger partial charge in [0.05, 0.1) is 18.8 Å². The molecule has 2 N–H and O–H groups in total. The van der Waals surface area contributed by atoms with Crippen LogP contribution in [0, 0.1) is 13.8 Å². The highest BCUT2D eigenvalue weighted by atomic mass is 35.5. The van der Waals surface area contributed by atoms with Crippen LogP contribution < -0.4 is 15.4 Å². The Morgan fingerprint density at radius 3 is 2.68 bits per heavy atom. The van der Waals surface area contributed by atoms with Gasteiger partial charge in [-0.1, -0.05) is 5.21 Å². The maximum absolute atomic E-state index is 12.6. The molecule has 3 rings (SSSR count). The van der Waals surface area contributed by atoms with Crippen molar-refractivity contribution in [3.8, 4) is 5.75 Å². The van der Waals surface area contributed by atoms with Gasteiger partial charge in [-0.15, -0.1) is 17.5 Å². The van der Waals surface area contributed by atoms with Crippen molar-refractivity contribution < 1.29 is 9.53 Å². The van der Waals surface area contributed by atoms with Crippen LogP contribution in [-0.4, -0.2) is 41.1 Å². The number of methoxy groups -OCH3 is 1. The van der Waals surface area contributed by atoms with Gasteiger partial charge in [0.2, 0.25) is 0 Å². The molecule has 1 aliphatic heterocycles. The maximum Gasteiger partial charge on any atom is 0.278 e. The molecule has 0 aliphatic carbocycles. The zero-order valence-electron chi connectivity index (χ0n) is 14.7. The van der Waals surface area contributed by atoms with Crippen molar-refractivity contribution in [3.05, 3.63) is 35.2 Å². The molecule has 1 aliphatic rings. The first kappa shape index (κ1) is 19.2. The van der Waals surface area contributed by atoms with Crippen molar-refractivity contribution >= 4 is 24.0 Å². The minimum absolute atomic E-state index is 0. The van der Waals surface area contributed by atoms with Gasteiger partial charge in [-0.3, -0.25) is 4.79 Å². The largest absolute Gasteiger partial charge is 0.497 e. The molecule has 2 heterocycles. The number of ether oxygens (including phenoxy) is 1. The Balaban J connectivity index is 0.00000225. The number of carbonyl (C=O) groups is 1. The van der Waals surface area contributed by atoms with E-state index in [1.54, 1.807) is 7.11 Å². The Morgan fingerprint density at radius 1 is 1.32 bits per heavy atom. The molecule has 0 bridgehead atoms. The highest BCUT2D eigenvalue weighted by Crippen LogP contribution is 2.23. The predicted molar refractivity (Wildman–Crippen MR) is 98.8 cm³/mol. The smallest absolute Gasteiger partial charge is 0.278 e. The topological polar surface area (TPSA) is 81.1 Å². The molecule has 1 amide bonds. The van der Waals surface area contributed by atoms with Crippen molar-refractivity contribution in [1.29, 1.82) is 0 Å². The average Bonchev–Trinajstić information content (AvgIpc) is 2.99. The molecule has 0 unspecified atom stereocenters. The molecule has 0 radical (unpaired) electrons. The third-order valence-electron chi connectivity index (χ3n) is 4.48. The van der Waals surface area contributed by atoms with E-state index in [-0.39, 0.29) is 18.3 Å². The fraction of sp³-hybridized carbons (Fsp3) is 0.471. The lowest BCUT2D eigenvalue weighted by Gasteiger charge is -2.23. The quantitative estimate of drug-likeness (QED) is 0.870. The Bertz CT molecular complexity index is 741. The van der Waals surface area contributed by atoms with Crippen LogP contribution in [0.2, 0.25) is 0 Å². The lowest BCUT2D eigenvalue weighted by Crippen LogP contribution is -2.30. The van der Waals surface area contributed by atoms with E-state index in [1.165, 1.54) is 0 Å². The second-order valence-corrected chi connectivity index (χ2v) is 6.08. The fourth-order valence-electron chi connectivity index (χ4n) is 3.03. The summed E-state index contributed by atoms with van der Waals surface area (Å²) in [5, 5.41) is 14.6. The molecular weight excluding hydrogens is 342 g/mol. The summed E-state index contributed by atoms with van der Waals surface area (Å²) in [5.41, 5.74) is 2.87. The number of aryl methyl sites for hydroxylation is 1. The van der Waals surface area contributed by atoms with Crippen molar-refractivity contribution in [2.75, 3.05) is 25.5 Å². The Hall–Kier alpha value is -2.12. The summed E-state index contributed by atoms with van der Waals surface area (Å²) in [6.45, 7) is 5.77. The van der Waals surface area contributed by atoms with Gasteiger partial charge < -0.3 is 15.4 Å². The number of anilines is 1. The maximum atomic E-state index is 12.6. The summed E-state index contributed by atoms with van der Waals surface area (Å²) in [5.74, 6) is 0.527. The molecule has 0 spiro atoms. The summed E-state index contributed by atoms with van der Waals surface area (Å²) in [7, 11) is 1.62. The lowest BCUT2D eigenvalue weighted by molar-refractivity contribution is 0.102. The first-order chi connectivity index (χ1) is 11.6. The first-order valence-corrected chi connectivity index (χ1v) is 8.18. The highest BCUT2D eigenvalue weighted by Gasteiger charge is 2.23. The molecule has 25 heavy (non-hydrogen) atoms. The van der Waals surface area contributed by atoms with Crippen LogP contribution in [0.5, 0.6) is 5.75 Å². The molecule has 0 atom stereocenters. The van der Waals surface area contributed by atoms with Crippen molar-refractivity contribution in [3.63, 3.8) is 0 Å². The zero-order chi connectivity index (χ0) is 17.1. The molecule has 1 saturated heterocycles. The molecule has 1 aromatic heterocycles. The van der Waals surface area contributed by atoms with Gasteiger partial charge in [0, 0.05) is 5.69 Å². The number of aromatic nitrogens is 3. The first-order valence-electron chi connectivity index (χ1n) is 8.18. The Labute approximate surface area is 153 Å². The van der Waals surface area contributed by atoms with Crippen LogP contribution in [0.3, 0.4) is 0 Å². The Morgan fingerprint density at radius 2 is 2.04 bits per heavy atom. The normalized spacial score (nSPS) is 14.7. The van der Waals surface area contributed by atoms with E-state index in [4.69, 9.17) is 4.74 Å². The highest BCUT2D eigenvalue weighted by molar-refractivity contribution is 6.03. The number of hydrogen-bond acceptors (Lipinski definition) is 5. The standard InChI is InChI=1S/C17H23N5O2.ClH/c1-11-10-14(24-3)4-5-15(11)19-17(23)16-12(2)22(21-20-16)13-6-8-18-9-7-13;/h4-5,10,13,18H,6-9H2,1-3H3,(H,19,23);1H. The van der Waals surface area contributed by atoms with Crippen molar-refractivity contribution in [2.24, 2.45) is 0 Å². The summed E-state index contributed by atoms with van der Waals surface area (Å²) in [4.78, 5) is 12.6. The SMILES string of the molecule is COc1ccc(NC(=O)c2nnn(C3CCNCC3)c2C)c(C)c1.Cl. The van der Waals surface area contributed by atoms with Crippen LogP contribution in [-0.2, 0) is 0 Å². The van der Waals surface area contributed by atoms with Gasteiger partial charge in [0.25, 0.3) is 5.91 Å². The van der Waals surface area contributed by atoms with Gasteiger partial charge in [0.1, 0.15) is 5.75 Å². The van der Waals surface area contributed by atoms with E-state index in [9.17, 15) is 4.79 Å². The van der Waals surface area contributed by atoms with Crippen LogP contribution in [0.4, 0.5) is 5.69 Å². The van der Waals surface area contributed by atoms with Crippen LogP contribution in [0.15, 0.2) is 18.2 Å². The van der Waals surface area contributed by atoms with E-state index in [1.807, 2.05) is 36.7 Å². The number of carbonyl (C=O) groups excluding carboxylic acids is 1. The third-order valence-corrected chi connectivity index (χ3v) is 4.48. The molecule has 136 valence electrons. The van der Waals surface area contributed by atoms with E-state index in [0.29, 0.717) is 11.7 Å². The Kier molecular flexibility index (Phi) is 6.39. The molecule has 1 fully saturated rings. The zero-order valence-corrected chi connectivity index (χ0v) is 15.5. The number of halogens is 1. The number of benzene rings is 1.